The van der Waals surface area contributed by atoms with Crippen LogP contribution in [0.5, 0.6) is 0 Å². The van der Waals surface area contributed by atoms with Crippen LogP contribution in [-0.4, -0.2) is 81.9 Å². The van der Waals surface area contributed by atoms with E-state index < -0.39 is 58.9 Å². The molecule has 2 aromatic carbocycles. The Morgan fingerprint density at radius 3 is 2.02 bits per heavy atom. The number of hydrogen-bond acceptors (Lipinski definition) is 11. The molecule has 0 aromatic heterocycles. The van der Waals surface area contributed by atoms with Gasteiger partial charge >= 0.3 is 24.0 Å². The van der Waals surface area contributed by atoms with Crippen molar-refractivity contribution in [3.8, 4) is 0 Å². The molecule has 2 saturated heterocycles. The number of imide groups is 1. The van der Waals surface area contributed by atoms with Gasteiger partial charge in [0.05, 0.1) is 21.0 Å². The number of benzene rings is 2. The number of esters is 2. The molecule has 0 saturated carbocycles. The molecule has 0 bridgehead atoms. The van der Waals surface area contributed by atoms with Gasteiger partial charge in [-0.1, -0.05) is 0 Å². The first kappa shape index (κ1) is 27.9. The van der Waals surface area contributed by atoms with Crippen LogP contribution in [0.2, 0.25) is 0 Å². The number of rotatable bonds is 9. The van der Waals surface area contributed by atoms with E-state index in [1.807, 2.05) is 0 Å². The zero-order chi connectivity index (χ0) is 29.0. The average Bonchev–Trinajstić information content (AvgIpc) is 3.33. The highest BCUT2D eigenvalue weighted by atomic mass is 16.6. The zero-order valence-corrected chi connectivity index (χ0v) is 21.0. The van der Waals surface area contributed by atoms with E-state index in [2.05, 4.69) is 5.32 Å². The van der Waals surface area contributed by atoms with Gasteiger partial charge in [0.2, 0.25) is 0 Å². The molecule has 16 nitrogen and oxygen atoms in total. The first-order chi connectivity index (χ1) is 19.1. The summed E-state index contributed by atoms with van der Waals surface area (Å²) in [6.45, 7) is 1.52. The number of amides is 4. The van der Waals surface area contributed by atoms with Crippen LogP contribution in [0.3, 0.4) is 0 Å². The van der Waals surface area contributed by atoms with E-state index in [1.165, 1.54) is 34.1 Å². The topological polar surface area (TPSA) is 201 Å². The van der Waals surface area contributed by atoms with Crippen LogP contribution >= 0.6 is 0 Å². The fourth-order valence-electron chi connectivity index (χ4n) is 4.07. The van der Waals surface area contributed by atoms with E-state index >= 15 is 0 Å². The highest BCUT2D eigenvalue weighted by molar-refractivity contribution is 5.95. The summed E-state index contributed by atoms with van der Waals surface area (Å²) in [4.78, 5) is 72.9. The summed E-state index contributed by atoms with van der Waals surface area (Å²) in [5.41, 5.74) is -0.375. The predicted octanol–water partition coefficient (Wildman–Crippen LogP) is 2.42. The van der Waals surface area contributed by atoms with Crippen molar-refractivity contribution in [3.63, 3.8) is 0 Å². The van der Waals surface area contributed by atoms with Crippen molar-refractivity contribution >= 4 is 35.4 Å². The Hall–Kier alpha value is -5.12. The molecule has 1 N–H and O–H groups in total. The van der Waals surface area contributed by atoms with Crippen LogP contribution in [0.4, 0.5) is 21.0 Å². The zero-order valence-electron chi connectivity index (χ0n) is 21.0. The maximum Gasteiger partial charge on any atom is 0.338 e. The molecule has 0 radical (unpaired) electrons. The molecule has 3 atom stereocenters. The van der Waals surface area contributed by atoms with Gasteiger partial charge in [-0.15, -0.1) is 0 Å². The number of urea groups is 2. The number of hydrogen-bond donors (Lipinski definition) is 1. The van der Waals surface area contributed by atoms with Crippen LogP contribution in [0.25, 0.3) is 0 Å². The maximum absolute atomic E-state index is 12.8. The van der Waals surface area contributed by atoms with E-state index in [-0.39, 0.29) is 35.6 Å². The number of nitro benzene ring substituents is 2. The highest BCUT2D eigenvalue weighted by Gasteiger charge is 2.45. The number of ether oxygens (including phenoxy) is 3. The lowest BCUT2D eigenvalue weighted by Crippen LogP contribution is -2.61. The molecule has 0 unspecified atom stereocenters. The summed E-state index contributed by atoms with van der Waals surface area (Å²) in [6.07, 6.45) is -3.04. The van der Waals surface area contributed by atoms with Crippen LogP contribution in [0.15, 0.2) is 48.5 Å². The van der Waals surface area contributed by atoms with Gasteiger partial charge in [0.25, 0.3) is 11.4 Å². The molecule has 0 spiro atoms. The summed E-state index contributed by atoms with van der Waals surface area (Å²) in [6, 6.07) is 8.16. The first-order valence-corrected chi connectivity index (χ1v) is 12.0. The standard InChI is InChI=1S/C24H23N5O11/c1-2-26-13-27(24(33)25-23(26)32)20-11-18(40-22(31)15-5-9-17(10-6-15)29(36)37)19(39-20)12-38-21(30)14-3-7-16(8-4-14)28(34)35/h3-10,18-20H,2,11-13H2,1H3,(H,25,32,33)/t18-,19+,20+/m0/s1. The monoisotopic (exact) mass is 557 g/mol. The van der Waals surface area contributed by atoms with Gasteiger partial charge in [0.1, 0.15) is 31.7 Å². The lowest BCUT2D eigenvalue weighted by Gasteiger charge is -2.37. The normalized spacial score (nSPS) is 20.6. The smallest absolute Gasteiger partial charge is 0.338 e. The van der Waals surface area contributed by atoms with Crippen LogP contribution in [0.1, 0.15) is 34.1 Å². The minimum absolute atomic E-state index is 0.0224. The molecule has 2 fully saturated rings. The van der Waals surface area contributed by atoms with Gasteiger partial charge in [-0.3, -0.25) is 30.4 Å². The van der Waals surface area contributed by atoms with Crippen LogP contribution in [0, 0.1) is 20.2 Å². The summed E-state index contributed by atoms with van der Waals surface area (Å²) >= 11 is 0. The van der Waals surface area contributed by atoms with Gasteiger partial charge in [0, 0.05) is 37.2 Å². The van der Waals surface area contributed by atoms with Gasteiger partial charge in [-0.25, -0.2) is 19.2 Å². The second-order valence-electron chi connectivity index (χ2n) is 8.72. The number of nitrogens with one attached hydrogen (secondary N) is 1. The van der Waals surface area contributed by atoms with E-state index in [0.717, 1.165) is 24.3 Å². The Kier molecular flexibility index (Phi) is 8.18. The molecule has 2 heterocycles. The van der Waals surface area contributed by atoms with Crippen molar-refractivity contribution in [2.75, 3.05) is 19.8 Å². The predicted molar refractivity (Wildman–Crippen MR) is 132 cm³/mol. The molecular weight excluding hydrogens is 534 g/mol. The molecule has 2 aliphatic rings. The fraction of sp³-hybridized carbons (Fsp3) is 0.333. The maximum atomic E-state index is 12.8. The number of carbonyl (C=O) groups is 4. The highest BCUT2D eigenvalue weighted by Crippen LogP contribution is 2.29. The van der Waals surface area contributed by atoms with Crippen molar-refractivity contribution in [2.45, 2.75) is 31.8 Å². The first-order valence-electron chi connectivity index (χ1n) is 12.0. The average molecular weight is 557 g/mol. The van der Waals surface area contributed by atoms with Crippen molar-refractivity contribution in [1.82, 2.24) is 15.1 Å². The molecule has 40 heavy (non-hydrogen) atoms. The lowest BCUT2D eigenvalue weighted by molar-refractivity contribution is -0.385. The molecule has 0 aliphatic carbocycles. The fourth-order valence-corrected chi connectivity index (χ4v) is 4.07. The largest absolute Gasteiger partial charge is 0.459 e. The third-order valence-corrected chi connectivity index (χ3v) is 6.26. The molecule has 4 rings (SSSR count). The third-order valence-electron chi connectivity index (χ3n) is 6.26. The van der Waals surface area contributed by atoms with E-state index in [0.29, 0.717) is 6.54 Å². The third kappa shape index (κ3) is 6.12. The Bertz CT molecular complexity index is 1330. The quantitative estimate of drug-likeness (QED) is 0.269. The van der Waals surface area contributed by atoms with Crippen LogP contribution in [-0.2, 0) is 14.2 Å². The summed E-state index contributed by atoms with van der Waals surface area (Å²) in [5, 5.41) is 23.9. The van der Waals surface area contributed by atoms with E-state index in [9.17, 15) is 39.4 Å². The second kappa shape index (κ2) is 11.7. The minimum atomic E-state index is -1.03. The van der Waals surface area contributed by atoms with E-state index in [1.54, 1.807) is 6.92 Å². The Morgan fingerprint density at radius 1 is 0.950 bits per heavy atom. The van der Waals surface area contributed by atoms with Crippen molar-refractivity contribution in [1.29, 1.82) is 0 Å². The molecule has 2 aromatic rings. The number of carbonyl (C=O) groups excluding carboxylic acids is 4. The van der Waals surface area contributed by atoms with Gasteiger partial charge in [0.15, 0.2) is 0 Å². The number of nitrogens with zero attached hydrogens (tertiary/aromatic N) is 4. The van der Waals surface area contributed by atoms with Crippen LogP contribution < -0.4 is 5.32 Å². The SMILES string of the molecule is CCN1CN([C@H]2C[C@H](OC(=O)c3ccc([N+](=O)[O-])cc3)[C@@H](COC(=O)c3ccc([N+](=O)[O-])cc3)O2)C(=O)NC1=O. The Balaban J connectivity index is 1.48. The number of non-ortho nitro benzene ring substituents is 2. The van der Waals surface area contributed by atoms with Gasteiger partial charge in [-0.05, 0) is 31.2 Å². The van der Waals surface area contributed by atoms with Crippen molar-refractivity contribution < 1.29 is 43.2 Å². The molecule has 210 valence electrons. The minimum Gasteiger partial charge on any atom is -0.459 e. The van der Waals surface area contributed by atoms with Crippen molar-refractivity contribution in [3.05, 3.63) is 79.9 Å². The Morgan fingerprint density at radius 2 is 1.50 bits per heavy atom. The molecular formula is C24H23N5O11. The van der Waals surface area contributed by atoms with Crippen molar-refractivity contribution in [2.24, 2.45) is 0 Å². The second-order valence-corrected chi connectivity index (χ2v) is 8.72. The lowest BCUT2D eigenvalue weighted by atomic mass is 10.1. The molecule has 4 amide bonds. The molecule has 16 heteroatoms. The molecule has 2 aliphatic heterocycles. The van der Waals surface area contributed by atoms with Gasteiger partial charge in [-0.2, -0.15) is 0 Å². The van der Waals surface area contributed by atoms with E-state index in [4.69, 9.17) is 14.2 Å². The van der Waals surface area contributed by atoms with Gasteiger partial charge < -0.3 is 19.1 Å². The Labute approximate surface area is 225 Å². The summed E-state index contributed by atoms with van der Waals surface area (Å²) < 4.78 is 16.8. The number of nitro groups is 2. The summed E-state index contributed by atoms with van der Waals surface area (Å²) in [5.74, 6) is -1.65. The summed E-state index contributed by atoms with van der Waals surface area (Å²) in [7, 11) is 0.